The number of nitrogens with zero attached hydrogens (tertiary/aromatic N) is 1. The number of hydrogen-bond donors (Lipinski definition) is 3. The highest BCUT2D eigenvalue weighted by Gasteiger charge is 2.31. The fraction of sp³-hybridized carbons (Fsp3) is 0.800. The van der Waals surface area contributed by atoms with Gasteiger partial charge in [0.15, 0.2) is 0 Å². The summed E-state index contributed by atoms with van der Waals surface area (Å²) in [6, 6.07) is -1.43. The van der Waals surface area contributed by atoms with Crippen molar-refractivity contribution in [3.8, 4) is 0 Å². The van der Waals surface area contributed by atoms with E-state index in [0.29, 0.717) is 25.8 Å². The van der Waals surface area contributed by atoms with Crippen LogP contribution in [0.15, 0.2) is 0 Å². The van der Waals surface area contributed by atoms with Gasteiger partial charge in [0.2, 0.25) is 5.91 Å². The van der Waals surface area contributed by atoms with Crippen molar-refractivity contribution in [3.05, 3.63) is 0 Å². The van der Waals surface area contributed by atoms with Crippen LogP contribution in [0.4, 0.5) is 0 Å². The van der Waals surface area contributed by atoms with E-state index in [-0.39, 0.29) is 23.7 Å². The number of aliphatic carboxylic acids is 1. The molecule has 7 nitrogen and oxygen atoms in total. The van der Waals surface area contributed by atoms with Gasteiger partial charge in [-0.1, -0.05) is 20.8 Å². The molecule has 0 aromatic rings. The smallest absolute Gasteiger partial charge is 0.322 e. The topological polar surface area (TPSA) is 98.7 Å². The molecule has 0 aliphatic carbocycles. The maximum absolute atomic E-state index is 12.3. The summed E-state index contributed by atoms with van der Waals surface area (Å²) in [7, 11) is 0. The summed E-state index contributed by atoms with van der Waals surface area (Å²) in [6.45, 7) is 7.97. The predicted molar refractivity (Wildman–Crippen MR) is 81.7 cm³/mol. The molecular formula is C15H27N3O4. The van der Waals surface area contributed by atoms with Crippen LogP contribution in [0, 0.1) is 11.8 Å². The molecule has 0 radical (unpaired) electrons. The van der Waals surface area contributed by atoms with E-state index >= 15 is 0 Å². The number of carbonyl (C=O) groups is 3. The SMILES string of the molecule is CCC(C(=O)NC(C)C(=O)N1CCCC(C(=O)O)N1)C(C)C. The molecule has 1 saturated heterocycles. The van der Waals surface area contributed by atoms with E-state index in [4.69, 9.17) is 5.11 Å². The van der Waals surface area contributed by atoms with Gasteiger partial charge in [-0.2, -0.15) is 0 Å². The van der Waals surface area contributed by atoms with Gasteiger partial charge >= 0.3 is 5.97 Å². The maximum Gasteiger partial charge on any atom is 0.322 e. The molecule has 0 aromatic carbocycles. The van der Waals surface area contributed by atoms with Crippen molar-refractivity contribution < 1.29 is 19.5 Å². The van der Waals surface area contributed by atoms with Crippen molar-refractivity contribution >= 4 is 17.8 Å². The van der Waals surface area contributed by atoms with Crippen LogP contribution < -0.4 is 10.7 Å². The molecule has 1 fully saturated rings. The van der Waals surface area contributed by atoms with Gasteiger partial charge in [-0.3, -0.25) is 19.4 Å². The zero-order valence-electron chi connectivity index (χ0n) is 13.8. The first-order chi connectivity index (χ1) is 10.3. The number of hydrazine groups is 1. The molecule has 1 aliphatic rings. The highest BCUT2D eigenvalue weighted by molar-refractivity contribution is 5.88. The minimum absolute atomic E-state index is 0.128. The Hall–Kier alpha value is -1.63. The molecule has 0 saturated carbocycles. The number of rotatable bonds is 6. The Balaban J connectivity index is 2.61. The van der Waals surface area contributed by atoms with Gasteiger partial charge in [0.05, 0.1) is 0 Å². The van der Waals surface area contributed by atoms with Crippen molar-refractivity contribution in [2.24, 2.45) is 11.8 Å². The van der Waals surface area contributed by atoms with Gasteiger partial charge in [0, 0.05) is 12.5 Å². The van der Waals surface area contributed by atoms with Crippen LogP contribution in [0.5, 0.6) is 0 Å². The zero-order chi connectivity index (χ0) is 16.9. The molecule has 22 heavy (non-hydrogen) atoms. The first-order valence-electron chi connectivity index (χ1n) is 7.88. The van der Waals surface area contributed by atoms with Crippen LogP contribution in [0.3, 0.4) is 0 Å². The van der Waals surface area contributed by atoms with Crippen LogP contribution in [0.2, 0.25) is 0 Å². The van der Waals surface area contributed by atoms with Crippen molar-refractivity contribution in [3.63, 3.8) is 0 Å². The van der Waals surface area contributed by atoms with Gasteiger partial charge in [0.25, 0.3) is 5.91 Å². The fourth-order valence-corrected chi connectivity index (χ4v) is 2.70. The molecule has 1 rings (SSSR count). The minimum Gasteiger partial charge on any atom is -0.480 e. The van der Waals surface area contributed by atoms with E-state index in [0.717, 1.165) is 0 Å². The van der Waals surface area contributed by atoms with Crippen LogP contribution in [-0.2, 0) is 14.4 Å². The van der Waals surface area contributed by atoms with Crippen molar-refractivity contribution in [2.45, 2.75) is 59.0 Å². The molecular weight excluding hydrogens is 286 g/mol. The van der Waals surface area contributed by atoms with Crippen molar-refractivity contribution in [1.82, 2.24) is 15.8 Å². The zero-order valence-corrected chi connectivity index (χ0v) is 13.8. The van der Waals surface area contributed by atoms with E-state index in [9.17, 15) is 14.4 Å². The highest BCUT2D eigenvalue weighted by Crippen LogP contribution is 2.15. The lowest BCUT2D eigenvalue weighted by Gasteiger charge is -2.34. The molecule has 0 spiro atoms. The number of carboxylic acids is 1. The largest absolute Gasteiger partial charge is 0.480 e. The number of carbonyl (C=O) groups excluding carboxylic acids is 2. The normalized spacial score (nSPS) is 21.3. The number of carboxylic acid groups (broad SMARTS) is 1. The quantitative estimate of drug-likeness (QED) is 0.672. The third kappa shape index (κ3) is 4.69. The minimum atomic E-state index is -0.972. The maximum atomic E-state index is 12.3. The molecule has 3 atom stereocenters. The van der Waals surface area contributed by atoms with E-state index in [2.05, 4.69) is 10.7 Å². The summed E-state index contributed by atoms with van der Waals surface area (Å²) in [5.74, 6) is -1.34. The van der Waals surface area contributed by atoms with E-state index in [1.807, 2.05) is 20.8 Å². The van der Waals surface area contributed by atoms with E-state index in [1.54, 1.807) is 6.92 Å². The lowest BCUT2D eigenvalue weighted by atomic mass is 9.92. The molecule has 2 amide bonds. The van der Waals surface area contributed by atoms with Crippen LogP contribution >= 0.6 is 0 Å². The van der Waals surface area contributed by atoms with Gasteiger partial charge in [0.1, 0.15) is 12.1 Å². The predicted octanol–water partition coefficient (Wildman–Crippen LogP) is 0.754. The standard InChI is InChI=1S/C15H27N3O4/c1-5-11(9(2)3)13(19)16-10(4)14(20)18-8-6-7-12(17-18)15(21)22/h9-12,17H,5-8H2,1-4H3,(H,16,19)(H,21,22). The molecule has 1 aliphatic heterocycles. The lowest BCUT2D eigenvalue weighted by Crippen LogP contribution is -2.59. The van der Waals surface area contributed by atoms with Crippen molar-refractivity contribution in [2.75, 3.05) is 6.54 Å². The Morgan fingerprint density at radius 3 is 2.45 bits per heavy atom. The van der Waals surface area contributed by atoms with Crippen molar-refractivity contribution in [1.29, 1.82) is 0 Å². The van der Waals surface area contributed by atoms with Gasteiger partial charge in [-0.15, -0.1) is 0 Å². The van der Waals surface area contributed by atoms with Crippen LogP contribution in [0.1, 0.15) is 47.0 Å². The Bertz CT molecular complexity index is 425. The van der Waals surface area contributed by atoms with Crippen LogP contribution in [0.25, 0.3) is 0 Å². The van der Waals surface area contributed by atoms with Gasteiger partial charge < -0.3 is 10.4 Å². The molecule has 126 valence electrons. The number of amides is 2. The van der Waals surface area contributed by atoms with Gasteiger partial charge in [-0.05, 0) is 32.1 Å². The second-order valence-corrected chi connectivity index (χ2v) is 6.14. The molecule has 0 bridgehead atoms. The lowest BCUT2D eigenvalue weighted by molar-refractivity contribution is -0.148. The third-order valence-electron chi connectivity index (χ3n) is 4.06. The first kappa shape index (κ1) is 18.4. The Morgan fingerprint density at radius 1 is 1.32 bits per heavy atom. The Labute approximate surface area is 131 Å². The molecule has 0 aromatic heterocycles. The molecule has 3 unspecified atom stereocenters. The second kappa shape index (κ2) is 8.12. The summed E-state index contributed by atoms with van der Waals surface area (Å²) in [5.41, 5.74) is 2.71. The molecule has 3 N–H and O–H groups in total. The van der Waals surface area contributed by atoms with E-state index in [1.165, 1.54) is 5.01 Å². The summed E-state index contributed by atoms with van der Waals surface area (Å²) in [4.78, 5) is 35.5. The molecule has 1 heterocycles. The van der Waals surface area contributed by atoms with E-state index < -0.39 is 18.1 Å². The summed E-state index contributed by atoms with van der Waals surface area (Å²) in [6.07, 6.45) is 1.83. The molecule has 7 heteroatoms. The Morgan fingerprint density at radius 2 is 1.95 bits per heavy atom. The average molecular weight is 313 g/mol. The average Bonchev–Trinajstić information content (AvgIpc) is 2.46. The summed E-state index contributed by atoms with van der Waals surface area (Å²) < 4.78 is 0. The third-order valence-corrected chi connectivity index (χ3v) is 4.06. The monoisotopic (exact) mass is 313 g/mol. The first-order valence-corrected chi connectivity index (χ1v) is 7.88. The second-order valence-electron chi connectivity index (χ2n) is 6.14. The Kier molecular flexibility index (Phi) is 6.80. The fourth-order valence-electron chi connectivity index (χ4n) is 2.70. The highest BCUT2D eigenvalue weighted by atomic mass is 16.4. The number of nitrogens with one attached hydrogen (secondary N) is 2. The van der Waals surface area contributed by atoms with Gasteiger partial charge in [-0.25, -0.2) is 5.43 Å². The summed E-state index contributed by atoms with van der Waals surface area (Å²) >= 11 is 0. The number of hydrogen-bond acceptors (Lipinski definition) is 4. The summed E-state index contributed by atoms with van der Waals surface area (Å²) in [5, 5.41) is 13.1. The van der Waals surface area contributed by atoms with Crippen LogP contribution in [-0.4, -0.2) is 46.5 Å².